The highest BCUT2D eigenvalue weighted by atomic mass is 31.3. The summed E-state index contributed by atoms with van der Waals surface area (Å²) in [4.78, 5) is 100. The minimum atomic E-state index is -5.53. The van der Waals surface area contributed by atoms with Gasteiger partial charge in [-0.1, -0.05) is 0 Å². The zero-order chi connectivity index (χ0) is 54.5. The molecule has 8 heterocycles. The number of nitrogens with one attached hydrogen (secondary N) is 2. The van der Waals surface area contributed by atoms with Crippen molar-refractivity contribution in [1.82, 2.24) is 43.6 Å². The van der Waals surface area contributed by atoms with Crippen LogP contribution >= 0.6 is 30.8 Å². The smallest absolute Gasteiger partial charge is 0.387 e. The Labute approximate surface area is 418 Å². The monoisotopic (exact) mass is 1150 g/mol. The molecule has 0 saturated carbocycles. The molecule has 36 nitrogen and oxygen atoms in total. The summed E-state index contributed by atoms with van der Waals surface area (Å²) in [7, 11) is -17.3. The van der Waals surface area contributed by atoms with Crippen molar-refractivity contribution in [3.63, 3.8) is 0 Å². The molecule has 3 aliphatic rings. The number of anilines is 2. The van der Waals surface area contributed by atoms with Gasteiger partial charge in [0, 0.05) is 32.4 Å². The molecule has 0 radical (unpaired) electrons. The summed E-state index contributed by atoms with van der Waals surface area (Å²) in [6.07, 6.45) is -14.9. The van der Waals surface area contributed by atoms with Gasteiger partial charge in [-0.3, -0.25) is 51.4 Å². The van der Waals surface area contributed by atoms with Crippen LogP contribution in [0.25, 0.3) is 22.3 Å². The third-order valence-corrected chi connectivity index (χ3v) is 17.8. The molecule has 0 bridgehead atoms. The topological polar surface area (TPSA) is 507 Å². The molecule has 0 aromatic carbocycles. The van der Waals surface area contributed by atoms with Gasteiger partial charge in [-0.15, -0.1) is 0 Å². The maximum Gasteiger partial charge on any atom is 0.479 e. The number of aromatic nitrogens is 10. The largest absolute Gasteiger partial charge is 0.479 e. The number of hydrogen-bond acceptors (Lipinski definition) is 26. The fourth-order valence-electron chi connectivity index (χ4n) is 8.52. The Morgan fingerprint density at radius 3 is 2.09 bits per heavy atom. The Kier molecular flexibility index (Phi) is 16.6. The van der Waals surface area contributed by atoms with Gasteiger partial charge in [0.25, 0.3) is 16.7 Å². The number of aliphatic hydroxyl groups is 3. The molecule has 8 rings (SSSR count). The number of rotatable bonds is 22. The van der Waals surface area contributed by atoms with Gasteiger partial charge in [0.05, 0.1) is 58.2 Å². The van der Waals surface area contributed by atoms with E-state index < -0.39 is 153 Å². The van der Waals surface area contributed by atoms with E-state index in [1.165, 1.54) is 40.5 Å². The summed E-state index contributed by atoms with van der Waals surface area (Å²) in [6, 6.07) is 0.941. The maximum absolute atomic E-state index is 13.6. The number of methoxy groups -OCH3 is 2. The first kappa shape index (κ1) is 56.6. The van der Waals surface area contributed by atoms with Crippen LogP contribution in [0.2, 0.25) is 0 Å². The highest BCUT2D eigenvalue weighted by molar-refractivity contribution is 7.64. The quantitative estimate of drug-likeness (QED) is 0.0234. The van der Waals surface area contributed by atoms with E-state index in [-0.39, 0.29) is 40.7 Å². The van der Waals surface area contributed by atoms with Crippen molar-refractivity contribution >= 4 is 64.9 Å². The molecule has 3 fully saturated rings. The van der Waals surface area contributed by atoms with E-state index in [4.69, 9.17) is 53.2 Å². The van der Waals surface area contributed by atoms with Crippen molar-refractivity contribution in [2.45, 2.75) is 67.5 Å². The summed E-state index contributed by atoms with van der Waals surface area (Å²) in [5.41, 5.74) is 9.53. The van der Waals surface area contributed by atoms with Crippen LogP contribution in [-0.2, 0) is 71.4 Å². The number of H-pyrrole nitrogens is 2. The first-order valence-electron chi connectivity index (χ1n) is 21.9. The minimum Gasteiger partial charge on any atom is -0.387 e. The first-order chi connectivity index (χ1) is 35.2. The summed E-state index contributed by atoms with van der Waals surface area (Å²) in [5.74, 6) is -1.27. The average molecular weight is 1150 g/mol. The van der Waals surface area contributed by atoms with E-state index in [0.29, 0.717) is 0 Å². The molecule has 0 spiro atoms. The van der Waals surface area contributed by atoms with Crippen LogP contribution in [0.3, 0.4) is 0 Å². The number of aromatic amines is 2. The Hall–Kier alpha value is -4.58. The Morgan fingerprint density at radius 1 is 0.733 bits per heavy atom. The van der Waals surface area contributed by atoms with Gasteiger partial charge in [-0.2, -0.15) is 9.55 Å². The van der Waals surface area contributed by atoms with Crippen molar-refractivity contribution < 1.29 is 104 Å². The van der Waals surface area contributed by atoms with E-state index in [1.807, 2.05) is 4.98 Å². The van der Waals surface area contributed by atoms with Gasteiger partial charge in [-0.25, -0.2) is 37.8 Å². The lowest BCUT2D eigenvalue weighted by molar-refractivity contribution is -0.646. The van der Waals surface area contributed by atoms with E-state index in [1.54, 1.807) is 0 Å². The van der Waals surface area contributed by atoms with Gasteiger partial charge >= 0.3 is 42.1 Å². The third-order valence-electron chi connectivity index (χ3n) is 12.0. The fraction of sp³-hybridized carbons (Fsp3) is 0.600. The Bertz CT molecular complexity index is 3280. The molecule has 3 aliphatic heterocycles. The highest BCUT2D eigenvalue weighted by Crippen LogP contribution is 2.62. The van der Waals surface area contributed by atoms with Gasteiger partial charge < -0.3 is 74.6 Å². The van der Waals surface area contributed by atoms with Crippen LogP contribution in [0.5, 0.6) is 0 Å². The number of nitrogen functional groups attached to an aromatic ring is 2. The van der Waals surface area contributed by atoms with E-state index >= 15 is 0 Å². The first-order valence-corrected chi connectivity index (χ1v) is 28.4. The lowest BCUT2D eigenvalue weighted by Crippen LogP contribution is -2.38. The zero-order valence-electron chi connectivity index (χ0n) is 39.1. The summed E-state index contributed by atoms with van der Waals surface area (Å²) < 4.78 is 112. The van der Waals surface area contributed by atoms with Gasteiger partial charge in [0.1, 0.15) is 54.6 Å². The molecular formula is C35H51N12O24P4+. The summed E-state index contributed by atoms with van der Waals surface area (Å²) in [5, 5.41) is 32.5. The SMILES string of the molecule is COC[C@H]1[C@@H](O)[C@H](n2c[n+](C)c3c(=O)[nH]c(N)nc32)O[C@@H]1COP(=O)(O)OP(=O)(O)CCP(=O)(O)OC[C@H]1O[C@@H](n2cnc3c(N)ncnc32)[C@H](OC)[C@@H]1OP(=O)(O)OC[C@H]1O[C@@H](n2ccc(=O)[nH]c2=O)[C@H](O)[C@@H]1O. The van der Waals surface area contributed by atoms with Gasteiger partial charge in [0.2, 0.25) is 18.5 Å². The molecule has 16 atom stereocenters. The van der Waals surface area contributed by atoms with Crippen LogP contribution in [0, 0.1) is 5.92 Å². The van der Waals surface area contributed by atoms with Gasteiger partial charge in [-0.05, 0) is 0 Å². The van der Waals surface area contributed by atoms with Crippen molar-refractivity contribution in [1.29, 1.82) is 0 Å². The number of aryl methyl sites for hydroxylation is 1. The second-order valence-electron chi connectivity index (χ2n) is 17.0. The normalized spacial score (nSPS) is 30.4. The highest BCUT2D eigenvalue weighted by Gasteiger charge is 2.53. The second kappa shape index (κ2) is 22.0. The van der Waals surface area contributed by atoms with E-state index in [0.717, 1.165) is 30.3 Å². The number of ether oxygens (including phenoxy) is 5. The third kappa shape index (κ3) is 12.3. The predicted molar refractivity (Wildman–Crippen MR) is 246 cm³/mol. The predicted octanol–water partition coefficient (Wildman–Crippen LogP) is -3.82. The molecule has 5 aromatic rings. The van der Waals surface area contributed by atoms with Crippen LogP contribution in [0.1, 0.15) is 18.7 Å². The van der Waals surface area contributed by atoms with Crippen molar-refractivity contribution in [3.05, 3.63) is 62.4 Å². The van der Waals surface area contributed by atoms with Crippen LogP contribution < -0.4 is 32.8 Å². The average Bonchev–Trinajstić information content (AvgIpc) is 4.13. The number of hydrogen-bond donors (Lipinski definition) is 11. The summed E-state index contributed by atoms with van der Waals surface area (Å²) >= 11 is 0. The summed E-state index contributed by atoms with van der Waals surface area (Å²) in [6.45, 7) is -3.02. The molecule has 414 valence electrons. The zero-order valence-corrected chi connectivity index (χ0v) is 42.7. The molecule has 0 aliphatic carbocycles. The van der Waals surface area contributed by atoms with Crippen LogP contribution in [0.4, 0.5) is 11.8 Å². The number of fused-ring (bicyclic) bond motifs is 2. The minimum absolute atomic E-state index is 0.0130. The van der Waals surface area contributed by atoms with Gasteiger partial charge in [0.15, 0.2) is 23.9 Å². The molecule has 40 heteroatoms. The lowest BCUT2D eigenvalue weighted by atomic mass is 9.99. The molecular weight excluding hydrogens is 1100 g/mol. The Balaban J connectivity index is 0.914. The van der Waals surface area contributed by atoms with Crippen molar-refractivity contribution in [2.24, 2.45) is 13.0 Å². The van der Waals surface area contributed by atoms with Crippen molar-refractivity contribution in [3.8, 4) is 0 Å². The number of imidazole rings is 2. The van der Waals surface area contributed by atoms with E-state index in [9.17, 15) is 67.5 Å². The molecule has 75 heavy (non-hydrogen) atoms. The number of phosphoric acid groups is 2. The lowest BCUT2D eigenvalue weighted by Gasteiger charge is -2.26. The molecule has 3 saturated heterocycles. The molecule has 0 amide bonds. The maximum atomic E-state index is 13.6. The van der Waals surface area contributed by atoms with E-state index in [2.05, 4.69) is 29.2 Å². The van der Waals surface area contributed by atoms with Crippen LogP contribution in [0.15, 0.2) is 45.6 Å². The van der Waals surface area contributed by atoms with Crippen molar-refractivity contribution in [2.75, 3.05) is 64.4 Å². The standard InChI is InChI=1S/C35H50N12O24P4/c1-44-14-47(29-21(44)30(52)43-34(37)42-29)31-22(49)15(8-62-2)16(67-31)9-66-75(60,61)71-73(56,57)7-6-72(54,55)64-11-18-25(26(63-3)33(69-18)46-13-40-20-27(36)38-12-39-28(20)46)70-74(58,59)65-10-17-23(50)24(51)32(68-17)45-5-4-19(48)41-35(45)53/h4-5,12-18,22-26,31-33,49-51H,6-11H2,1-3H3,(H9-,36,37,38,39,41,42,43,48,52,53,54,55,56,57,58,59,60,61)/p+1/t15-,16-,17-,18-,22-,23-,24-,25-,26-,31-,32-,33-/m1/s1. The number of nitrogens with two attached hydrogens (primary N) is 2. The number of nitrogens with zero attached hydrogens (tertiary/aromatic N) is 8. The molecule has 5 aromatic heterocycles. The molecule has 4 unspecified atom stereocenters. The number of phosphoric ester groups is 2. The fourth-order valence-corrected chi connectivity index (χ4v) is 14.1. The molecule has 13 N–H and O–H groups in total. The van der Waals surface area contributed by atoms with Crippen LogP contribution in [-0.4, -0.2) is 180 Å². The second-order valence-corrected chi connectivity index (χ2v) is 24.0. The Morgan fingerprint density at radius 2 is 1.39 bits per heavy atom. The number of aliphatic hydroxyl groups excluding tert-OH is 3.